The van der Waals surface area contributed by atoms with Crippen molar-refractivity contribution in [2.75, 3.05) is 18.5 Å². The van der Waals surface area contributed by atoms with Gasteiger partial charge in [-0.3, -0.25) is 0 Å². The number of likely N-dealkylation sites (N-methyl/N-ethyl adjacent to an activating group) is 1. The zero-order valence-electron chi connectivity index (χ0n) is 12.4. The Morgan fingerprint density at radius 3 is 2.06 bits per heavy atom. The second-order valence-corrected chi connectivity index (χ2v) is 6.50. The molecular formula is C16H25N. The van der Waals surface area contributed by atoms with Crippen LogP contribution in [-0.2, 0) is 11.8 Å². The number of fused-ring (bicyclic) bond motifs is 1. The summed E-state index contributed by atoms with van der Waals surface area (Å²) < 4.78 is 0. The fraction of sp³-hybridized carbons (Fsp3) is 0.625. The molecule has 1 aliphatic heterocycles. The first-order valence-corrected chi connectivity index (χ1v) is 6.59. The lowest BCUT2D eigenvalue weighted by Crippen LogP contribution is -2.20. The predicted octanol–water partition coefficient (Wildman–Crippen LogP) is 3.90. The molecular weight excluding hydrogens is 206 g/mol. The molecule has 1 heterocycles. The first-order valence-electron chi connectivity index (χ1n) is 6.59. The van der Waals surface area contributed by atoms with Gasteiger partial charge in [0.15, 0.2) is 0 Å². The molecule has 0 aromatic heterocycles. The molecule has 0 radical (unpaired) electrons. The minimum absolute atomic E-state index is 0.234. The zero-order chi connectivity index (χ0) is 13.0. The number of anilines is 1. The van der Waals surface area contributed by atoms with E-state index in [0.29, 0.717) is 0 Å². The lowest BCUT2D eigenvalue weighted by atomic mass is 9.78. The second kappa shape index (κ2) is 3.76. The van der Waals surface area contributed by atoms with Gasteiger partial charge in [-0.1, -0.05) is 20.8 Å². The van der Waals surface area contributed by atoms with Gasteiger partial charge in [0, 0.05) is 19.3 Å². The van der Waals surface area contributed by atoms with Crippen LogP contribution in [0.1, 0.15) is 48.6 Å². The van der Waals surface area contributed by atoms with Gasteiger partial charge in [-0.2, -0.15) is 0 Å². The molecule has 1 aromatic rings. The molecule has 0 N–H and O–H groups in total. The van der Waals surface area contributed by atoms with E-state index in [9.17, 15) is 0 Å². The van der Waals surface area contributed by atoms with Crippen molar-refractivity contribution in [2.45, 2.75) is 53.4 Å². The van der Waals surface area contributed by atoms with Crippen LogP contribution >= 0.6 is 0 Å². The molecule has 0 atom stereocenters. The minimum Gasteiger partial charge on any atom is -0.374 e. The molecule has 0 amide bonds. The van der Waals surface area contributed by atoms with E-state index < -0.39 is 0 Å². The summed E-state index contributed by atoms with van der Waals surface area (Å²) in [5.74, 6) is 0. The van der Waals surface area contributed by atoms with E-state index in [2.05, 4.69) is 53.5 Å². The van der Waals surface area contributed by atoms with Crippen LogP contribution in [0.4, 0.5) is 5.69 Å². The third kappa shape index (κ3) is 1.76. The molecule has 1 nitrogen and oxygen atoms in total. The van der Waals surface area contributed by atoms with Gasteiger partial charge in [-0.15, -0.1) is 0 Å². The molecule has 2 rings (SSSR count). The van der Waals surface area contributed by atoms with Crippen LogP contribution in [0.5, 0.6) is 0 Å². The summed E-state index contributed by atoms with van der Waals surface area (Å²) in [6.45, 7) is 15.0. The van der Waals surface area contributed by atoms with Crippen molar-refractivity contribution in [2.24, 2.45) is 0 Å². The van der Waals surface area contributed by atoms with Crippen LogP contribution in [0.2, 0.25) is 0 Å². The summed E-state index contributed by atoms with van der Waals surface area (Å²) >= 11 is 0. The first-order chi connectivity index (χ1) is 7.75. The number of hydrogen-bond donors (Lipinski definition) is 0. The van der Waals surface area contributed by atoms with E-state index in [0.717, 1.165) is 0 Å². The molecule has 17 heavy (non-hydrogen) atoms. The third-order valence-electron chi connectivity index (χ3n) is 4.24. The van der Waals surface area contributed by atoms with Crippen molar-refractivity contribution in [3.05, 3.63) is 27.8 Å². The van der Waals surface area contributed by atoms with Gasteiger partial charge in [0.2, 0.25) is 0 Å². The van der Waals surface area contributed by atoms with Crippen LogP contribution in [0.25, 0.3) is 0 Å². The topological polar surface area (TPSA) is 3.24 Å². The second-order valence-electron chi connectivity index (χ2n) is 6.50. The number of benzene rings is 1. The van der Waals surface area contributed by atoms with Crippen LogP contribution in [0, 0.1) is 20.8 Å². The quantitative estimate of drug-likeness (QED) is 0.654. The fourth-order valence-electron chi connectivity index (χ4n) is 3.56. The first kappa shape index (κ1) is 12.5. The Morgan fingerprint density at radius 2 is 1.53 bits per heavy atom. The summed E-state index contributed by atoms with van der Waals surface area (Å²) in [4.78, 5) is 2.42. The van der Waals surface area contributed by atoms with Crippen LogP contribution in [0.15, 0.2) is 0 Å². The van der Waals surface area contributed by atoms with Gasteiger partial charge < -0.3 is 4.90 Å². The Hall–Kier alpha value is -0.980. The van der Waals surface area contributed by atoms with Crippen LogP contribution in [-0.4, -0.2) is 13.6 Å². The van der Waals surface area contributed by atoms with Crippen molar-refractivity contribution in [1.82, 2.24) is 0 Å². The average Bonchev–Trinajstić information content (AvgIpc) is 2.55. The Bertz CT molecular complexity index is 464. The SMILES string of the molecule is Cc1c(C)c(C(C)(C)C)c(C)c2c1CCN2C. The molecule has 0 unspecified atom stereocenters. The minimum atomic E-state index is 0.234. The maximum Gasteiger partial charge on any atom is 0.0432 e. The predicted molar refractivity (Wildman–Crippen MR) is 76.3 cm³/mol. The van der Waals surface area contributed by atoms with Crippen molar-refractivity contribution >= 4 is 5.69 Å². The van der Waals surface area contributed by atoms with Crippen molar-refractivity contribution in [1.29, 1.82) is 0 Å². The summed E-state index contributed by atoms with van der Waals surface area (Å²) in [6, 6.07) is 0. The van der Waals surface area contributed by atoms with Crippen LogP contribution < -0.4 is 4.90 Å². The van der Waals surface area contributed by atoms with Crippen LogP contribution in [0.3, 0.4) is 0 Å². The lowest BCUT2D eigenvalue weighted by molar-refractivity contribution is 0.581. The summed E-state index contributed by atoms with van der Waals surface area (Å²) in [6.07, 6.45) is 1.21. The van der Waals surface area contributed by atoms with Gasteiger partial charge in [0.25, 0.3) is 0 Å². The monoisotopic (exact) mass is 231 g/mol. The van der Waals surface area contributed by atoms with Gasteiger partial charge in [0.1, 0.15) is 0 Å². The summed E-state index contributed by atoms with van der Waals surface area (Å²) in [5.41, 5.74) is 9.37. The summed E-state index contributed by atoms with van der Waals surface area (Å²) in [7, 11) is 2.22. The largest absolute Gasteiger partial charge is 0.374 e. The molecule has 0 spiro atoms. The Kier molecular flexibility index (Phi) is 2.76. The fourth-order valence-corrected chi connectivity index (χ4v) is 3.56. The van der Waals surface area contributed by atoms with Gasteiger partial charge in [0.05, 0.1) is 0 Å². The highest BCUT2D eigenvalue weighted by Crippen LogP contribution is 2.41. The van der Waals surface area contributed by atoms with E-state index in [1.165, 1.54) is 35.3 Å². The number of hydrogen-bond acceptors (Lipinski definition) is 1. The molecule has 0 aliphatic carbocycles. The number of rotatable bonds is 0. The Balaban J connectivity index is 2.80. The molecule has 1 aliphatic rings. The average molecular weight is 231 g/mol. The van der Waals surface area contributed by atoms with Gasteiger partial charge >= 0.3 is 0 Å². The molecule has 1 heteroatoms. The van der Waals surface area contributed by atoms with Crippen molar-refractivity contribution < 1.29 is 0 Å². The van der Waals surface area contributed by atoms with E-state index >= 15 is 0 Å². The Labute approximate surface area is 106 Å². The van der Waals surface area contributed by atoms with Crippen molar-refractivity contribution in [3.8, 4) is 0 Å². The zero-order valence-corrected chi connectivity index (χ0v) is 12.4. The lowest BCUT2D eigenvalue weighted by Gasteiger charge is -2.29. The highest BCUT2D eigenvalue weighted by atomic mass is 15.1. The Morgan fingerprint density at radius 1 is 0.941 bits per heavy atom. The highest BCUT2D eigenvalue weighted by Gasteiger charge is 2.28. The molecule has 0 saturated carbocycles. The van der Waals surface area contributed by atoms with E-state index in [1.54, 1.807) is 11.1 Å². The smallest absolute Gasteiger partial charge is 0.0432 e. The molecule has 1 aromatic carbocycles. The molecule has 0 fully saturated rings. The van der Waals surface area contributed by atoms with Crippen molar-refractivity contribution in [3.63, 3.8) is 0 Å². The molecule has 0 bridgehead atoms. The normalized spacial score (nSPS) is 15.4. The maximum absolute atomic E-state index is 2.42. The van der Waals surface area contributed by atoms with Gasteiger partial charge in [-0.05, 0) is 60.4 Å². The highest BCUT2D eigenvalue weighted by molar-refractivity contribution is 5.70. The third-order valence-corrected chi connectivity index (χ3v) is 4.24. The van der Waals surface area contributed by atoms with E-state index in [1.807, 2.05) is 0 Å². The standard InChI is InChI=1S/C16H25N/c1-10-11(2)14(16(4,5)6)12(3)15-13(10)8-9-17(15)7/h8-9H2,1-7H3. The number of nitrogens with zero attached hydrogens (tertiary/aromatic N) is 1. The molecule has 94 valence electrons. The maximum atomic E-state index is 2.42. The molecule has 0 saturated heterocycles. The van der Waals surface area contributed by atoms with E-state index in [-0.39, 0.29) is 5.41 Å². The summed E-state index contributed by atoms with van der Waals surface area (Å²) in [5, 5.41) is 0. The van der Waals surface area contributed by atoms with Gasteiger partial charge in [-0.25, -0.2) is 0 Å². The van der Waals surface area contributed by atoms with E-state index in [4.69, 9.17) is 0 Å².